The predicted octanol–water partition coefficient (Wildman–Crippen LogP) is 5.06. The van der Waals surface area contributed by atoms with Crippen LogP contribution in [0, 0.1) is 11.8 Å². The number of benzene rings is 2. The van der Waals surface area contributed by atoms with Crippen molar-refractivity contribution in [3.63, 3.8) is 0 Å². The van der Waals surface area contributed by atoms with Gasteiger partial charge >= 0.3 is 0 Å². The number of aryl methyl sites for hydroxylation is 2. The lowest BCUT2D eigenvalue weighted by Crippen LogP contribution is -2.37. The van der Waals surface area contributed by atoms with Crippen LogP contribution in [-0.4, -0.2) is 16.6 Å². The maximum atomic E-state index is 13.5. The molecule has 3 heteroatoms. The molecule has 0 aliphatic heterocycles. The summed E-state index contributed by atoms with van der Waals surface area (Å²) in [5.41, 5.74) is 4.96. The average molecular weight is 381 g/mol. The van der Waals surface area contributed by atoms with Crippen molar-refractivity contribution in [3.05, 3.63) is 101 Å². The number of carbonyl (C=O) groups excluding carboxylic acids is 2. The van der Waals surface area contributed by atoms with Crippen LogP contribution in [0.4, 0.5) is 0 Å². The van der Waals surface area contributed by atoms with Gasteiger partial charge in [-0.05, 0) is 54.5 Å². The van der Waals surface area contributed by atoms with Crippen molar-refractivity contribution in [2.24, 2.45) is 11.8 Å². The molecule has 3 aromatic rings. The van der Waals surface area contributed by atoms with Crippen molar-refractivity contribution in [1.29, 1.82) is 0 Å². The third-order valence-corrected chi connectivity index (χ3v) is 6.65. The van der Waals surface area contributed by atoms with Crippen molar-refractivity contribution in [3.8, 4) is 0 Å². The Hall–Kier alpha value is -3.07. The highest BCUT2D eigenvalue weighted by atomic mass is 16.1. The van der Waals surface area contributed by atoms with Gasteiger partial charge in [0.1, 0.15) is 0 Å². The smallest absolute Gasteiger partial charge is 0.166 e. The maximum absolute atomic E-state index is 13.5. The van der Waals surface area contributed by atoms with Gasteiger partial charge < -0.3 is 0 Å². The lowest BCUT2D eigenvalue weighted by atomic mass is 9.64. The number of hydrogen-bond acceptors (Lipinski definition) is 3. The number of nitrogens with zero attached hydrogens (tertiary/aromatic N) is 1. The highest BCUT2D eigenvalue weighted by Crippen LogP contribution is 2.44. The molecule has 2 aromatic carbocycles. The number of carbonyl (C=O) groups is 2. The van der Waals surface area contributed by atoms with Crippen LogP contribution in [0.25, 0.3) is 0 Å². The molecule has 0 saturated heterocycles. The molecular formula is C26H23NO2. The lowest BCUT2D eigenvalue weighted by Gasteiger charge is -2.37. The van der Waals surface area contributed by atoms with E-state index >= 15 is 0 Å². The van der Waals surface area contributed by atoms with Gasteiger partial charge in [0.25, 0.3) is 0 Å². The number of Topliss-reactive ketones (excluding diaryl/α,β-unsaturated/α-hetero) is 2. The summed E-state index contributed by atoms with van der Waals surface area (Å²) in [5, 5.41) is 0. The number of ketones is 2. The van der Waals surface area contributed by atoms with Crippen molar-refractivity contribution in [2.45, 2.75) is 31.6 Å². The third-order valence-electron chi connectivity index (χ3n) is 6.65. The number of rotatable bonds is 3. The standard InChI is InChI=1S/C26H23NO2/c28-25-20-7-3-1-5-17(20)9-11-22(25)24(19-13-15-27-16-14-19)23-12-10-18-6-2-4-8-21(18)26(23)29/h1-8,13-16,22-24H,9-12H2. The van der Waals surface area contributed by atoms with Gasteiger partial charge in [0, 0.05) is 41.3 Å². The Labute approximate surface area is 170 Å². The molecule has 0 radical (unpaired) electrons. The van der Waals surface area contributed by atoms with Gasteiger partial charge in [-0.15, -0.1) is 0 Å². The van der Waals surface area contributed by atoms with Crippen LogP contribution < -0.4 is 0 Å². The molecule has 0 saturated carbocycles. The van der Waals surface area contributed by atoms with Gasteiger partial charge in [-0.2, -0.15) is 0 Å². The summed E-state index contributed by atoms with van der Waals surface area (Å²) >= 11 is 0. The third kappa shape index (κ3) is 3.11. The van der Waals surface area contributed by atoms with Crippen LogP contribution in [0.5, 0.6) is 0 Å². The van der Waals surface area contributed by atoms with Gasteiger partial charge in [-0.1, -0.05) is 48.5 Å². The summed E-state index contributed by atoms with van der Waals surface area (Å²) in [5.74, 6) is -0.0987. The lowest BCUT2D eigenvalue weighted by molar-refractivity contribution is 0.0781. The number of hydrogen-bond donors (Lipinski definition) is 0. The zero-order valence-corrected chi connectivity index (χ0v) is 16.3. The zero-order chi connectivity index (χ0) is 19.8. The molecule has 0 bridgehead atoms. The van der Waals surface area contributed by atoms with E-state index in [0.717, 1.165) is 53.5 Å². The minimum absolute atomic E-state index is 0.111. The van der Waals surface area contributed by atoms with E-state index in [1.165, 1.54) is 0 Å². The fourth-order valence-corrected chi connectivity index (χ4v) is 5.26. The molecule has 1 aromatic heterocycles. The van der Waals surface area contributed by atoms with Gasteiger partial charge in [-0.25, -0.2) is 0 Å². The molecule has 144 valence electrons. The Kier molecular flexibility index (Phi) is 4.59. The van der Waals surface area contributed by atoms with Gasteiger partial charge in [0.2, 0.25) is 0 Å². The van der Waals surface area contributed by atoms with Crippen LogP contribution in [0.2, 0.25) is 0 Å². The largest absolute Gasteiger partial charge is 0.294 e. The van der Waals surface area contributed by atoms with Gasteiger partial charge in [0.15, 0.2) is 11.6 Å². The molecule has 5 rings (SSSR count). The summed E-state index contributed by atoms with van der Waals surface area (Å²) in [6.45, 7) is 0. The molecule has 0 amide bonds. The van der Waals surface area contributed by atoms with Crippen molar-refractivity contribution < 1.29 is 9.59 Å². The fraction of sp³-hybridized carbons (Fsp3) is 0.269. The first-order valence-corrected chi connectivity index (χ1v) is 10.4. The highest BCUT2D eigenvalue weighted by Gasteiger charge is 2.42. The molecule has 2 atom stereocenters. The molecular weight excluding hydrogens is 358 g/mol. The Morgan fingerprint density at radius 3 is 1.69 bits per heavy atom. The molecule has 3 nitrogen and oxygen atoms in total. The molecule has 0 N–H and O–H groups in total. The first kappa shape index (κ1) is 18.0. The van der Waals surface area contributed by atoms with Crippen LogP contribution in [0.1, 0.15) is 56.2 Å². The Balaban J connectivity index is 1.57. The fourth-order valence-electron chi connectivity index (χ4n) is 5.26. The summed E-state index contributed by atoms with van der Waals surface area (Å²) < 4.78 is 0. The second-order valence-corrected chi connectivity index (χ2v) is 8.14. The van der Waals surface area contributed by atoms with E-state index in [1.807, 2.05) is 60.7 Å². The van der Waals surface area contributed by atoms with Crippen molar-refractivity contribution in [1.82, 2.24) is 4.98 Å². The number of pyridine rings is 1. The molecule has 0 spiro atoms. The van der Waals surface area contributed by atoms with Crippen LogP contribution in [0.15, 0.2) is 73.1 Å². The molecule has 2 aliphatic rings. The van der Waals surface area contributed by atoms with Crippen LogP contribution in [-0.2, 0) is 12.8 Å². The van der Waals surface area contributed by atoms with Crippen LogP contribution in [0.3, 0.4) is 0 Å². The van der Waals surface area contributed by atoms with E-state index < -0.39 is 0 Å². The minimum Gasteiger partial charge on any atom is -0.294 e. The predicted molar refractivity (Wildman–Crippen MR) is 112 cm³/mol. The Bertz CT molecular complexity index is 1010. The second kappa shape index (κ2) is 7.40. The molecule has 1 heterocycles. The second-order valence-electron chi connectivity index (χ2n) is 8.14. The molecule has 29 heavy (non-hydrogen) atoms. The number of aromatic nitrogens is 1. The molecule has 0 fully saturated rings. The van der Waals surface area contributed by atoms with E-state index in [-0.39, 0.29) is 29.3 Å². The summed E-state index contributed by atoms with van der Waals surface area (Å²) in [7, 11) is 0. The summed E-state index contributed by atoms with van der Waals surface area (Å²) in [6, 6.07) is 19.8. The minimum atomic E-state index is -0.175. The van der Waals surface area contributed by atoms with Crippen molar-refractivity contribution >= 4 is 11.6 Å². The summed E-state index contributed by atoms with van der Waals surface area (Å²) in [4.78, 5) is 31.2. The SMILES string of the molecule is O=C1c2ccccc2CCC1C(c1ccncc1)C1CCc2ccccc2C1=O. The van der Waals surface area contributed by atoms with Gasteiger partial charge in [-0.3, -0.25) is 14.6 Å². The van der Waals surface area contributed by atoms with E-state index in [2.05, 4.69) is 4.98 Å². The first-order valence-electron chi connectivity index (χ1n) is 10.4. The maximum Gasteiger partial charge on any atom is 0.166 e. The Morgan fingerprint density at radius 2 is 1.17 bits per heavy atom. The van der Waals surface area contributed by atoms with Crippen molar-refractivity contribution in [2.75, 3.05) is 0 Å². The Morgan fingerprint density at radius 1 is 0.690 bits per heavy atom. The van der Waals surface area contributed by atoms with E-state index in [0.29, 0.717) is 0 Å². The van der Waals surface area contributed by atoms with Crippen LogP contribution >= 0.6 is 0 Å². The zero-order valence-electron chi connectivity index (χ0n) is 16.3. The quantitative estimate of drug-likeness (QED) is 0.637. The summed E-state index contributed by atoms with van der Waals surface area (Å²) in [6.07, 6.45) is 6.87. The highest BCUT2D eigenvalue weighted by molar-refractivity contribution is 6.03. The first-order chi connectivity index (χ1) is 14.2. The monoisotopic (exact) mass is 381 g/mol. The van der Waals surface area contributed by atoms with E-state index in [9.17, 15) is 9.59 Å². The molecule has 2 aliphatic carbocycles. The molecule has 2 unspecified atom stereocenters. The number of fused-ring (bicyclic) bond motifs is 2. The van der Waals surface area contributed by atoms with E-state index in [1.54, 1.807) is 12.4 Å². The van der Waals surface area contributed by atoms with E-state index in [4.69, 9.17) is 0 Å². The van der Waals surface area contributed by atoms with Gasteiger partial charge in [0.05, 0.1) is 0 Å². The normalized spacial score (nSPS) is 21.9. The topological polar surface area (TPSA) is 47.0 Å². The average Bonchev–Trinajstić information content (AvgIpc) is 2.78.